The summed E-state index contributed by atoms with van der Waals surface area (Å²) in [6, 6.07) is 6.75. The number of thiazole rings is 1. The lowest BCUT2D eigenvalue weighted by Crippen LogP contribution is -1.97. The predicted molar refractivity (Wildman–Crippen MR) is 68.5 cm³/mol. The fourth-order valence-electron chi connectivity index (χ4n) is 1.24. The average molecular weight is 280 g/mol. The third-order valence-corrected chi connectivity index (χ3v) is 3.15. The highest BCUT2D eigenvalue weighted by molar-refractivity contribution is 7.14. The van der Waals surface area contributed by atoms with Gasteiger partial charge in [0, 0.05) is 5.38 Å². The number of nitrogens with zero attached hydrogens (tertiary/aromatic N) is 2. The summed E-state index contributed by atoms with van der Waals surface area (Å²) < 4.78 is 0. The number of hydrogen-bond acceptors (Lipinski definition) is 5. The number of carboxylic acid groups (broad SMARTS) is 1. The summed E-state index contributed by atoms with van der Waals surface area (Å²) in [5.74, 6) is -1.09. The molecule has 90 valence electrons. The Morgan fingerprint density at radius 2 is 2.33 bits per heavy atom. The first-order chi connectivity index (χ1) is 8.60. The van der Waals surface area contributed by atoms with E-state index in [1.54, 1.807) is 18.2 Å². The van der Waals surface area contributed by atoms with Gasteiger partial charge in [0.25, 0.3) is 0 Å². The normalized spacial score (nSPS) is 9.78. The largest absolute Gasteiger partial charge is 0.476 e. The maximum atomic E-state index is 10.7. The Kier molecular flexibility index (Phi) is 3.46. The molecule has 2 rings (SSSR count). The summed E-state index contributed by atoms with van der Waals surface area (Å²) in [5, 5.41) is 22.7. The Hall–Kier alpha value is -2.10. The van der Waals surface area contributed by atoms with Gasteiger partial charge in [0.2, 0.25) is 0 Å². The van der Waals surface area contributed by atoms with E-state index in [0.29, 0.717) is 21.4 Å². The summed E-state index contributed by atoms with van der Waals surface area (Å²) in [7, 11) is 0. The molecule has 1 aromatic carbocycles. The second-order valence-corrected chi connectivity index (χ2v) is 4.54. The fraction of sp³-hybridized carbons (Fsp3) is 0. The van der Waals surface area contributed by atoms with Crippen LogP contribution < -0.4 is 5.32 Å². The highest BCUT2D eigenvalue weighted by atomic mass is 35.5. The lowest BCUT2D eigenvalue weighted by atomic mass is 10.2. The number of anilines is 2. The molecule has 5 nitrogen and oxygen atoms in total. The van der Waals surface area contributed by atoms with Gasteiger partial charge in [-0.25, -0.2) is 9.78 Å². The first-order valence-corrected chi connectivity index (χ1v) is 6.01. The quantitative estimate of drug-likeness (QED) is 0.901. The van der Waals surface area contributed by atoms with Crippen LogP contribution in [0.25, 0.3) is 0 Å². The molecule has 0 fully saturated rings. The van der Waals surface area contributed by atoms with E-state index in [-0.39, 0.29) is 5.69 Å². The summed E-state index contributed by atoms with van der Waals surface area (Å²) in [6.07, 6.45) is 0. The van der Waals surface area contributed by atoms with E-state index in [4.69, 9.17) is 22.0 Å². The van der Waals surface area contributed by atoms with Gasteiger partial charge in [-0.1, -0.05) is 11.6 Å². The van der Waals surface area contributed by atoms with Crippen LogP contribution >= 0.6 is 22.9 Å². The lowest BCUT2D eigenvalue weighted by Gasteiger charge is -2.05. The molecule has 1 heterocycles. The Balaban J connectivity index is 2.28. The SMILES string of the molecule is N#Cc1ccc(Cl)c(Nc2nc(C(=O)O)cs2)c1. The van der Waals surface area contributed by atoms with Crippen molar-refractivity contribution in [3.05, 3.63) is 39.9 Å². The smallest absolute Gasteiger partial charge is 0.355 e. The zero-order valence-electron chi connectivity index (χ0n) is 8.85. The molecule has 2 N–H and O–H groups in total. The van der Waals surface area contributed by atoms with Crippen molar-refractivity contribution in [3.8, 4) is 6.07 Å². The molecule has 0 aliphatic rings. The van der Waals surface area contributed by atoms with Gasteiger partial charge in [0.05, 0.1) is 22.3 Å². The van der Waals surface area contributed by atoms with Crippen LogP contribution in [0.4, 0.5) is 10.8 Å². The molecule has 7 heteroatoms. The number of hydrogen-bond donors (Lipinski definition) is 2. The van der Waals surface area contributed by atoms with Crippen molar-refractivity contribution >= 4 is 39.7 Å². The molecule has 1 aromatic heterocycles. The molecule has 0 radical (unpaired) electrons. The van der Waals surface area contributed by atoms with Gasteiger partial charge in [-0.2, -0.15) is 5.26 Å². The van der Waals surface area contributed by atoms with E-state index in [1.807, 2.05) is 6.07 Å². The lowest BCUT2D eigenvalue weighted by molar-refractivity contribution is 0.0691. The number of halogens is 1. The molecule has 0 atom stereocenters. The number of aromatic carboxylic acids is 1. The van der Waals surface area contributed by atoms with E-state index < -0.39 is 5.97 Å². The van der Waals surface area contributed by atoms with Gasteiger partial charge in [0.1, 0.15) is 0 Å². The van der Waals surface area contributed by atoms with E-state index >= 15 is 0 Å². The molecular formula is C11H6ClN3O2S. The van der Waals surface area contributed by atoms with Crippen molar-refractivity contribution in [2.75, 3.05) is 5.32 Å². The number of carboxylic acids is 1. The number of rotatable bonds is 3. The molecule has 0 aliphatic heterocycles. The Labute approximate surface area is 111 Å². The third kappa shape index (κ3) is 2.59. The van der Waals surface area contributed by atoms with Crippen LogP contribution in [0.5, 0.6) is 0 Å². The summed E-state index contributed by atoms with van der Waals surface area (Å²) in [4.78, 5) is 14.5. The number of carbonyl (C=O) groups is 1. The van der Waals surface area contributed by atoms with Crippen molar-refractivity contribution in [1.82, 2.24) is 4.98 Å². The third-order valence-electron chi connectivity index (χ3n) is 2.06. The Morgan fingerprint density at radius 3 is 2.94 bits per heavy atom. The number of nitrogens with one attached hydrogen (secondary N) is 1. The van der Waals surface area contributed by atoms with Gasteiger partial charge < -0.3 is 10.4 Å². The fourth-order valence-corrected chi connectivity index (χ4v) is 2.10. The highest BCUT2D eigenvalue weighted by Crippen LogP contribution is 2.28. The summed E-state index contributed by atoms with van der Waals surface area (Å²) >= 11 is 7.11. The molecule has 0 amide bonds. The zero-order chi connectivity index (χ0) is 13.1. The molecule has 0 bridgehead atoms. The molecule has 0 spiro atoms. The monoisotopic (exact) mass is 279 g/mol. The molecule has 18 heavy (non-hydrogen) atoms. The number of nitriles is 1. The van der Waals surface area contributed by atoms with Crippen molar-refractivity contribution in [3.63, 3.8) is 0 Å². The second-order valence-electron chi connectivity index (χ2n) is 3.27. The second kappa shape index (κ2) is 5.04. The van der Waals surface area contributed by atoms with Crippen molar-refractivity contribution < 1.29 is 9.90 Å². The first kappa shape index (κ1) is 12.4. The molecular weight excluding hydrogens is 274 g/mol. The number of benzene rings is 1. The highest BCUT2D eigenvalue weighted by Gasteiger charge is 2.10. The maximum Gasteiger partial charge on any atom is 0.355 e. The van der Waals surface area contributed by atoms with Crippen LogP contribution in [0.1, 0.15) is 16.1 Å². The van der Waals surface area contributed by atoms with Gasteiger partial charge in [-0.05, 0) is 18.2 Å². The first-order valence-electron chi connectivity index (χ1n) is 4.75. The summed E-state index contributed by atoms with van der Waals surface area (Å²) in [6.45, 7) is 0. The van der Waals surface area contributed by atoms with E-state index in [9.17, 15) is 4.79 Å². The minimum atomic E-state index is -1.09. The molecule has 0 aliphatic carbocycles. The van der Waals surface area contributed by atoms with Crippen molar-refractivity contribution in [2.45, 2.75) is 0 Å². The van der Waals surface area contributed by atoms with Crippen LogP contribution in [0, 0.1) is 11.3 Å². The molecule has 0 saturated heterocycles. The van der Waals surface area contributed by atoms with E-state index in [1.165, 1.54) is 5.38 Å². The van der Waals surface area contributed by atoms with Crippen LogP contribution in [0.3, 0.4) is 0 Å². The van der Waals surface area contributed by atoms with Gasteiger partial charge >= 0.3 is 5.97 Å². The predicted octanol–water partition coefficient (Wildman–Crippen LogP) is 3.11. The molecule has 2 aromatic rings. The van der Waals surface area contributed by atoms with Crippen LogP contribution in [-0.4, -0.2) is 16.1 Å². The van der Waals surface area contributed by atoms with Crippen molar-refractivity contribution in [1.29, 1.82) is 5.26 Å². The molecule has 0 unspecified atom stereocenters. The van der Waals surface area contributed by atoms with Crippen LogP contribution in [-0.2, 0) is 0 Å². The van der Waals surface area contributed by atoms with Crippen LogP contribution in [0.2, 0.25) is 5.02 Å². The zero-order valence-corrected chi connectivity index (χ0v) is 10.4. The standard InChI is InChI=1S/C11H6ClN3O2S/c12-7-2-1-6(4-13)3-8(7)14-11-15-9(5-18-11)10(16)17/h1-3,5H,(H,14,15)(H,16,17). The van der Waals surface area contributed by atoms with Gasteiger partial charge in [0.15, 0.2) is 10.8 Å². The number of aromatic nitrogens is 1. The topological polar surface area (TPSA) is 86.0 Å². The van der Waals surface area contributed by atoms with E-state index in [0.717, 1.165) is 11.3 Å². The van der Waals surface area contributed by atoms with E-state index in [2.05, 4.69) is 10.3 Å². The minimum absolute atomic E-state index is 0.0324. The summed E-state index contributed by atoms with van der Waals surface area (Å²) in [5.41, 5.74) is 0.939. The average Bonchev–Trinajstić information content (AvgIpc) is 2.81. The van der Waals surface area contributed by atoms with Crippen LogP contribution in [0.15, 0.2) is 23.6 Å². The molecule has 0 saturated carbocycles. The maximum absolute atomic E-state index is 10.7. The van der Waals surface area contributed by atoms with Gasteiger partial charge in [-0.3, -0.25) is 0 Å². The van der Waals surface area contributed by atoms with Gasteiger partial charge in [-0.15, -0.1) is 11.3 Å². The van der Waals surface area contributed by atoms with Crippen molar-refractivity contribution in [2.24, 2.45) is 0 Å². The Bertz CT molecular complexity index is 648. The minimum Gasteiger partial charge on any atom is -0.476 e. The Morgan fingerprint density at radius 1 is 1.56 bits per heavy atom.